The highest BCUT2D eigenvalue weighted by atomic mass is 16.6. The van der Waals surface area contributed by atoms with Gasteiger partial charge >= 0.3 is 5.97 Å². The van der Waals surface area contributed by atoms with E-state index < -0.39 is 22.9 Å². The molecule has 0 heterocycles. The van der Waals surface area contributed by atoms with Gasteiger partial charge in [-0.3, -0.25) is 14.9 Å². The van der Waals surface area contributed by atoms with Crippen molar-refractivity contribution in [2.24, 2.45) is 0 Å². The third-order valence-corrected chi connectivity index (χ3v) is 4.47. The second kappa shape index (κ2) is 11.5. The van der Waals surface area contributed by atoms with Gasteiger partial charge in [-0.25, -0.2) is 4.79 Å². The molecule has 2 aromatic rings. The van der Waals surface area contributed by atoms with Crippen molar-refractivity contribution in [3.05, 3.63) is 52.1 Å². The van der Waals surface area contributed by atoms with E-state index in [4.69, 9.17) is 18.9 Å². The number of ether oxygens (including phenoxy) is 4. The first-order chi connectivity index (χ1) is 15.3. The van der Waals surface area contributed by atoms with Crippen LogP contribution in [0.3, 0.4) is 0 Å². The Kier molecular flexibility index (Phi) is 8.82. The van der Waals surface area contributed by atoms with Crippen molar-refractivity contribution in [3.8, 4) is 17.2 Å². The first-order valence-corrected chi connectivity index (χ1v) is 9.95. The number of esters is 1. The molecule has 0 saturated heterocycles. The highest BCUT2D eigenvalue weighted by molar-refractivity contribution is 5.98. The topological polar surface area (TPSA) is 126 Å². The van der Waals surface area contributed by atoms with Gasteiger partial charge in [-0.2, -0.15) is 0 Å². The number of anilines is 1. The van der Waals surface area contributed by atoms with Crippen molar-refractivity contribution < 1.29 is 33.5 Å². The number of benzene rings is 2. The first kappa shape index (κ1) is 24.4. The second-order valence-corrected chi connectivity index (χ2v) is 6.74. The number of unbranched alkanes of at least 4 members (excludes halogenated alkanes) is 1. The van der Waals surface area contributed by atoms with Crippen LogP contribution in [0.25, 0.3) is 0 Å². The highest BCUT2D eigenvalue weighted by Gasteiger charge is 2.23. The predicted molar refractivity (Wildman–Crippen MR) is 117 cm³/mol. The van der Waals surface area contributed by atoms with Crippen molar-refractivity contribution in [1.29, 1.82) is 0 Å². The fraction of sp³-hybridized carbons (Fsp3) is 0.364. The van der Waals surface area contributed by atoms with Gasteiger partial charge in [0.15, 0.2) is 17.6 Å². The van der Waals surface area contributed by atoms with Crippen molar-refractivity contribution >= 4 is 23.3 Å². The summed E-state index contributed by atoms with van der Waals surface area (Å²) < 4.78 is 21.1. The SMILES string of the molecule is CCCCOc1ccc(C(=O)OC(C)C(=O)Nc2ccc(OC)cc2[N+](=O)[O-])cc1OC. The molecule has 2 aromatic carbocycles. The quantitative estimate of drug-likeness (QED) is 0.238. The number of hydrogen-bond donors (Lipinski definition) is 1. The van der Waals surface area contributed by atoms with Crippen LogP contribution in [-0.2, 0) is 9.53 Å². The van der Waals surface area contributed by atoms with E-state index in [1.807, 2.05) is 6.92 Å². The van der Waals surface area contributed by atoms with Crippen LogP contribution in [0, 0.1) is 10.1 Å². The molecule has 1 unspecified atom stereocenters. The minimum atomic E-state index is -1.21. The fourth-order valence-corrected chi connectivity index (χ4v) is 2.65. The molecule has 0 aliphatic heterocycles. The van der Waals surface area contributed by atoms with Crippen LogP contribution in [-0.4, -0.2) is 43.7 Å². The number of carbonyl (C=O) groups excluding carboxylic acids is 2. The van der Waals surface area contributed by atoms with E-state index >= 15 is 0 Å². The number of carbonyl (C=O) groups is 2. The molecule has 1 N–H and O–H groups in total. The summed E-state index contributed by atoms with van der Waals surface area (Å²) in [5.74, 6) is -0.352. The molecular weight excluding hydrogens is 420 g/mol. The normalized spacial score (nSPS) is 11.2. The van der Waals surface area contributed by atoms with Gasteiger partial charge in [0.2, 0.25) is 0 Å². The third-order valence-electron chi connectivity index (χ3n) is 4.47. The lowest BCUT2D eigenvalue weighted by Gasteiger charge is -2.15. The van der Waals surface area contributed by atoms with Gasteiger partial charge in [-0.1, -0.05) is 13.3 Å². The van der Waals surface area contributed by atoms with E-state index in [-0.39, 0.29) is 22.7 Å². The molecule has 10 nitrogen and oxygen atoms in total. The molecule has 2 rings (SSSR count). The molecule has 172 valence electrons. The molecule has 0 saturated carbocycles. The molecule has 0 aromatic heterocycles. The minimum Gasteiger partial charge on any atom is -0.496 e. The van der Waals surface area contributed by atoms with E-state index in [0.717, 1.165) is 12.8 Å². The van der Waals surface area contributed by atoms with Crippen molar-refractivity contribution in [1.82, 2.24) is 0 Å². The lowest BCUT2D eigenvalue weighted by atomic mass is 10.2. The van der Waals surface area contributed by atoms with E-state index in [1.54, 1.807) is 6.07 Å². The van der Waals surface area contributed by atoms with Crippen LogP contribution in [0.1, 0.15) is 37.0 Å². The van der Waals surface area contributed by atoms with Crippen LogP contribution in [0.15, 0.2) is 36.4 Å². The Labute approximate surface area is 185 Å². The van der Waals surface area contributed by atoms with Gasteiger partial charge in [0.05, 0.1) is 37.4 Å². The largest absolute Gasteiger partial charge is 0.496 e. The molecule has 1 amide bonds. The average molecular weight is 446 g/mol. The summed E-state index contributed by atoms with van der Waals surface area (Å²) in [4.78, 5) is 35.6. The van der Waals surface area contributed by atoms with Crippen LogP contribution in [0.5, 0.6) is 17.2 Å². The number of nitro groups is 1. The molecule has 0 radical (unpaired) electrons. The smallest absolute Gasteiger partial charge is 0.339 e. The number of nitrogens with zero attached hydrogens (tertiary/aromatic N) is 1. The zero-order chi connectivity index (χ0) is 23.7. The summed E-state index contributed by atoms with van der Waals surface area (Å²) in [6, 6.07) is 8.55. The first-order valence-electron chi connectivity index (χ1n) is 9.95. The van der Waals surface area contributed by atoms with Gasteiger partial charge in [-0.05, 0) is 43.7 Å². The zero-order valence-electron chi connectivity index (χ0n) is 18.4. The summed E-state index contributed by atoms with van der Waals surface area (Å²) in [6.45, 7) is 3.93. The fourth-order valence-electron chi connectivity index (χ4n) is 2.65. The van der Waals surface area contributed by atoms with Gasteiger partial charge in [0.25, 0.3) is 11.6 Å². The van der Waals surface area contributed by atoms with E-state index in [2.05, 4.69) is 5.32 Å². The van der Waals surface area contributed by atoms with Gasteiger partial charge in [0, 0.05) is 0 Å². The number of nitrogens with one attached hydrogen (secondary N) is 1. The predicted octanol–water partition coefficient (Wildman–Crippen LogP) is 3.97. The maximum atomic E-state index is 12.5. The summed E-state index contributed by atoms with van der Waals surface area (Å²) in [7, 11) is 2.83. The highest BCUT2D eigenvalue weighted by Crippen LogP contribution is 2.30. The average Bonchev–Trinajstić information content (AvgIpc) is 2.79. The lowest BCUT2D eigenvalue weighted by Crippen LogP contribution is -2.30. The molecule has 1 atom stereocenters. The number of rotatable bonds is 11. The molecule has 10 heteroatoms. The van der Waals surface area contributed by atoms with Crippen molar-refractivity contribution in [2.75, 3.05) is 26.1 Å². The van der Waals surface area contributed by atoms with Crippen molar-refractivity contribution in [3.63, 3.8) is 0 Å². The standard InChI is InChI=1S/C22H26N2O8/c1-5-6-11-31-19-10-7-15(12-20(19)30-4)22(26)32-14(2)21(25)23-17-9-8-16(29-3)13-18(17)24(27)28/h7-10,12-14H,5-6,11H2,1-4H3,(H,23,25). The molecule has 0 spiro atoms. The number of amides is 1. The molecule has 32 heavy (non-hydrogen) atoms. The molecular formula is C22H26N2O8. The van der Waals surface area contributed by atoms with E-state index in [1.165, 1.54) is 51.5 Å². The Bertz CT molecular complexity index is 976. The Morgan fingerprint density at radius 1 is 1.09 bits per heavy atom. The summed E-state index contributed by atoms with van der Waals surface area (Å²) in [5.41, 5.74) is -0.224. The number of nitro benzene ring substituents is 1. The van der Waals surface area contributed by atoms with Gasteiger partial charge in [-0.15, -0.1) is 0 Å². The van der Waals surface area contributed by atoms with Crippen LogP contribution in [0.4, 0.5) is 11.4 Å². The second-order valence-electron chi connectivity index (χ2n) is 6.74. The minimum absolute atomic E-state index is 0.0426. The van der Waals surface area contributed by atoms with Gasteiger partial charge < -0.3 is 24.3 Å². The number of methoxy groups -OCH3 is 2. The lowest BCUT2D eigenvalue weighted by molar-refractivity contribution is -0.384. The Balaban J connectivity index is 2.07. The summed E-state index contributed by atoms with van der Waals surface area (Å²) >= 11 is 0. The Hall–Kier alpha value is -3.82. The maximum Gasteiger partial charge on any atom is 0.339 e. The summed E-state index contributed by atoms with van der Waals surface area (Å²) in [5, 5.41) is 13.7. The molecule has 0 fully saturated rings. The van der Waals surface area contributed by atoms with Crippen LogP contribution in [0.2, 0.25) is 0 Å². The van der Waals surface area contributed by atoms with Gasteiger partial charge in [0.1, 0.15) is 11.4 Å². The Morgan fingerprint density at radius 3 is 2.47 bits per heavy atom. The van der Waals surface area contributed by atoms with Crippen LogP contribution >= 0.6 is 0 Å². The van der Waals surface area contributed by atoms with E-state index in [9.17, 15) is 19.7 Å². The summed E-state index contributed by atoms with van der Waals surface area (Å²) in [6.07, 6.45) is 0.647. The van der Waals surface area contributed by atoms with Crippen LogP contribution < -0.4 is 19.5 Å². The molecule has 0 aliphatic rings. The zero-order valence-corrected chi connectivity index (χ0v) is 18.4. The number of hydrogen-bond acceptors (Lipinski definition) is 8. The molecule has 0 aliphatic carbocycles. The van der Waals surface area contributed by atoms with Crippen molar-refractivity contribution in [2.45, 2.75) is 32.8 Å². The third kappa shape index (κ3) is 6.34. The maximum absolute atomic E-state index is 12.5. The van der Waals surface area contributed by atoms with E-state index in [0.29, 0.717) is 18.1 Å². The molecule has 0 bridgehead atoms. The monoisotopic (exact) mass is 446 g/mol. The Morgan fingerprint density at radius 2 is 1.84 bits per heavy atom.